The van der Waals surface area contributed by atoms with Crippen molar-refractivity contribution in [2.45, 2.75) is 117 Å². The number of nitrogens with two attached hydrogens (primary N) is 2. The van der Waals surface area contributed by atoms with Crippen LogP contribution in [0.1, 0.15) is 93.5 Å². The molecule has 5 aliphatic rings. The number of fused-ring (bicyclic) bond motifs is 2. The van der Waals surface area contributed by atoms with Crippen molar-refractivity contribution >= 4 is 134 Å². The van der Waals surface area contributed by atoms with Crippen LogP contribution < -0.4 is 74.1 Å². The third kappa shape index (κ3) is 27.0. The number of aryl methyl sites for hydroxylation is 1. The first-order chi connectivity index (χ1) is 67.7. The number of aromatic nitrogens is 4. The van der Waals surface area contributed by atoms with Crippen molar-refractivity contribution in [1.82, 2.24) is 76.8 Å². The second-order valence-corrected chi connectivity index (χ2v) is 36.8. The normalized spacial score (nSPS) is 15.8. The van der Waals surface area contributed by atoms with Crippen molar-refractivity contribution < 1.29 is 86.0 Å². The molecule has 2 atom stereocenters. The third-order valence-electron chi connectivity index (χ3n) is 24.6. The fourth-order valence-electron chi connectivity index (χ4n) is 16.8. The van der Waals surface area contributed by atoms with E-state index in [1.165, 1.54) is 40.4 Å². The highest BCUT2D eigenvalue weighted by atomic mass is 32.2. The number of ether oxygens (including phenoxy) is 5. The monoisotopic (exact) mass is 1950 g/mol. The van der Waals surface area contributed by atoms with Crippen LogP contribution in [0.3, 0.4) is 0 Å². The molecule has 0 bridgehead atoms. The molecule has 0 radical (unpaired) electrons. The standard InChI is InChI=1S/C100H113N19O19S2/c1-99(110-39-16-19-65-26-31-79(134-3)78(52-65)117-43-35-87(127)119(98(117)133)62-108-84(124)57-106-92(128)67(54-80(101)120)55-81(102)121)37-44-115(45-38-99)69-33-41-116(42-34-69)97-112-76-30-27-66(75-60-114(2)94(130)88-73(75)32-40-103-88)53-74(76)91(113-97)100(138-70-28-29-70,68-20-10-5-11-21-68)61-137-63-109-85(125)58-107-93(129)77(51-64-17-8-4-9-18-64)111-86(126)59-105-83(123)56-104-82(122)36-47-135-49-50-136-48-46-118-95(131)89(139-71-22-12-6-13-23-71)90(96(118)132)140-72-24-14-7-15-25-72/h4-15,17-18,20-27,30-32,40,52-53,60,67,69-70,77,103,110H,28-29,33-39,41-51,54-59,61-63H2,1-3H3,(H2,101,120)(H2,102,121)(H,104,122)(H,105,123)(H,106,128)(H,107,129)(H,108,124)(H,109,125)(H,111,126)/t77-,100-/m0/s1. The lowest BCUT2D eigenvalue weighted by molar-refractivity contribution is -0.138. The van der Waals surface area contributed by atoms with E-state index in [0.29, 0.717) is 80.1 Å². The van der Waals surface area contributed by atoms with Crippen LogP contribution in [-0.2, 0) is 95.6 Å². The predicted octanol–water partition coefficient (Wildman–Crippen LogP) is 4.84. The van der Waals surface area contributed by atoms with E-state index in [9.17, 15) is 67.1 Å². The summed E-state index contributed by atoms with van der Waals surface area (Å²) in [7, 11) is 3.16. The molecule has 3 aromatic heterocycles. The lowest BCUT2D eigenvalue weighted by atomic mass is 9.87. The topological polar surface area (TPSA) is 496 Å². The van der Waals surface area contributed by atoms with Crippen LogP contribution in [-0.4, -0.2) is 260 Å². The maximum absolute atomic E-state index is 14.1. The predicted molar refractivity (Wildman–Crippen MR) is 522 cm³/mol. The highest BCUT2D eigenvalue weighted by Gasteiger charge is 2.46. The van der Waals surface area contributed by atoms with Gasteiger partial charge in [-0.05, 0) is 123 Å². The quantitative estimate of drug-likeness (QED) is 0.0105. The summed E-state index contributed by atoms with van der Waals surface area (Å²) < 4.78 is 32.4. The molecule has 1 saturated carbocycles. The van der Waals surface area contributed by atoms with E-state index in [2.05, 4.69) is 76.1 Å². The van der Waals surface area contributed by atoms with Gasteiger partial charge >= 0.3 is 6.03 Å². The Kier molecular flexibility index (Phi) is 35.2. The van der Waals surface area contributed by atoms with Crippen molar-refractivity contribution in [1.29, 1.82) is 0 Å². The summed E-state index contributed by atoms with van der Waals surface area (Å²) >= 11 is 2.48. The summed E-state index contributed by atoms with van der Waals surface area (Å²) in [4.78, 5) is 208. The summed E-state index contributed by atoms with van der Waals surface area (Å²) in [6.07, 6.45) is 7.10. The molecular formula is C100H113N19O19S2. The van der Waals surface area contributed by atoms with Crippen LogP contribution in [0.4, 0.5) is 16.4 Å². The van der Waals surface area contributed by atoms with Crippen molar-refractivity contribution in [3.63, 3.8) is 0 Å². The number of thioether (sulfide) groups is 2. The number of anilines is 2. The van der Waals surface area contributed by atoms with Crippen LogP contribution in [0.2, 0.25) is 0 Å². The Morgan fingerprint density at radius 3 is 1.89 bits per heavy atom. The third-order valence-corrected chi connectivity index (χ3v) is 26.9. The number of methoxy groups -OCH3 is 1. The molecule has 14 rings (SSSR count). The minimum Gasteiger partial charge on any atom is -0.495 e. The summed E-state index contributed by atoms with van der Waals surface area (Å²) in [5.41, 5.74) is 14.1. The van der Waals surface area contributed by atoms with Gasteiger partial charge in [0.25, 0.3) is 17.4 Å². The first kappa shape index (κ1) is 102. The number of likely N-dealkylation sites (tertiary alicyclic amines) is 1. The molecule has 40 heteroatoms. The Balaban J connectivity index is 0.560. The summed E-state index contributed by atoms with van der Waals surface area (Å²) in [6, 6.07) is 48.6. The van der Waals surface area contributed by atoms with Crippen molar-refractivity contribution in [3.05, 3.63) is 219 Å². The van der Waals surface area contributed by atoms with Crippen molar-refractivity contribution in [3.8, 4) is 28.7 Å². The maximum Gasteiger partial charge on any atom is 0.332 e. The largest absolute Gasteiger partial charge is 0.495 e. The smallest absolute Gasteiger partial charge is 0.332 e. The van der Waals surface area contributed by atoms with Crippen LogP contribution in [0.15, 0.2) is 201 Å². The van der Waals surface area contributed by atoms with E-state index < -0.39 is 140 Å². The molecule has 0 unspecified atom stereocenters. The molecule has 4 fully saturated rings. The van der Waals surface area contributed by atoms with Gasteiger partial charge in [-0.2, -0.15) is 0 Å². The molecular weight excluding hydrogens is 1840 g/mol. The average molecular weight is 1950 g/mol. The number of benzene rings is 6. The van der Waals surface area contributed by atoms with Crippen molar-refractivity contribution in [2.75, 3.05) is 135 Å². The van der Waals surface area contributed by atoms with Gasteiger partial charge in [0.1, 0.15) is 30.7 Å². The summed E-state index contributed by atoms with van der Waals surface area (Å²) in [6.45, 7) is 2.64. The second kappa shape index (κ2) is 48.4. The minimum atomic E-state index is -1.43. The van der Waals surface area contributed by atoms with Crippen LogP contribution in [0.5, 0.6) is 5.75 Å². The van der Waals surface area contributed by atoms with Gasteiger partial charge in [-0.15, -0.1) is 0 Å². The van der Waals surface area contributed by atoms with E-state index in [1.54, 1.807) is 66.3 Å². The Morgan fingerprint density at radius 1 is 0.621 bits per heavy atom. The molecule has 1 aliphatic carbocycles. The van der Waals surface area contributed by atoms with Gasteiger partial charge in [0.05, 0.1) is 118 Å². The van der Waals surface area contributed by atoms with Gasteiger partial charge in [-0.25, -0.2) is 19.7 Å². The SMILES string of the molecule is COc1ccc(C#CCNC2(C)CCN(C3CCN(c4nc([C@@](COCNC(=O)CNC(=O)[C@H](Cc5ccccc5)NC(=O)CNC(=O)CNC(=O)CCOCCOCCN5C(=O)C(Sc6ccccc6)=C(Sc6ccccc6)C5=O)(OC5CC5)c5ccccc5)c5cc(-c6cn(C)c(=O)c7[nH]ccc67)ccc5n4)CC3)CC2)cc1N1CCC(=O)N(CNC(=O)CNC(=O)C(CC(N)=O)CC(N)=O)C1=O. The van der Waals surface area contributed by atoms with Gasteiger partial charge in [0.2, 0.25) is 65.0 Å². The zero-order chi connectivity index (χ0) is 98.8. The Morgan fingerprint density at radius 2 is 1.24 bits per heavy atom. The molecule has 140 heavy (non-hydrogen) atoms. The number of nitrogens with zero attached hydrogens (tertiary/aromatic N) is 8. The first-order valence-corrected chi connectivity index (χ1v) is 47.9. The van der Waals surface area contributed by atoms with Crippen LogP contribution >= 0.6 is 23.5 Å². The summed E-state index contributed by atoms with van der Waals surface area (Å²) in [5, 5.41) is 22.9. The number of primary amides is 2. The van der Waals surface area contributed by atoms with Gasteiger partial charge < -0.3 is 97.0 Å². The molecule has 13 N–H and O–H groups in total. The highest BCUT2D eigenvalue weighted by molar-refractivity contribution is 8.08. The molecule has 3 saturated heterocycles. The number of imide groups is 2. The van der Waals surface area contributed by atoms with Crippen LogP contribution in [0.25, 0.3) is 32.9 Å². The number of amides is 14. The highest BCUT2D eigenvalue weighted by Crippen LogP contribution is 2.46. The molecule has 734 valence electrons. The number of nitrogens with one attached hydrogen (secondary N) is 9. The number of urea groups is 1. The molecule has 38 nitrogen and oxygen atoms in total. The van der Waals surface area contributed by atoms with Gasteiger partial charge in [0.15, 0.2) is 5.60 Å². The fraction of sp³-hybridized carbons (Fsp3) is 0.380. The first-order valence-electron chi connectivity index (χ1n) is 46.3. The molecule has 4 aliphatic heterocycles. The zero-order valence-electron chi connectivity index (χ0n) is 77.9. The van der Waals surface area contributed by atoms with Crippen molar-refractivity contribution in [2.24, 2.45) is 24.4 Å². The van der Waals surface area contributed by atoms with E-state index >= 15 is 0 Å². The number of piperidine rings is 2. The van der Waals surface area contributed by atoms with E-state index in [-0.39, 0.29) is 95.4 Å². The molecule has 9 aromatic rings. The number of rotatable bonds is 47. The van der Waals surface area contributed by atoms with E-state index in [4.69, 9.17) is 45.1 Å². The number of carbonyl (C=O) groups excluding carboxylic acids is 13. The van der Waals surface area contributed by atoms with Gasteiger partial charge in [0, 0.05) is 128 Å². The summed E-state index contributed by atoms with van der Waals surface area (Å²) in [5.74, 6) is -1.71. The Hall–Kier alpha value is -14.2. The van der Waals surface area contributed by atoms with Crippen LogP contribution in [0, 0.1) is 17.8 Å². The number of pyridine rings is 1. The van der Waals surface area contributed by atoms with E-state index in [0.717, 1.165) is 88.4 Å². The maximum atomic E-state index is 14.1. The molecule has 7 heterocycles. The molecule has 6 aromatic carbocycles. The lowest BCUT2D eigenvalue weighted by Crippen LogP contribution is -2.56. The van der Waals surface area contributed by atoms with Gasteiger partial charge in [-0.1, -0.05) is 138 Å². The zero-order valence-corrected chi connectivity index (χ0v) is 79.5. The Bertz CT molecular complexity index is 6120. The Labute approximate surface area is 816 Å². The molecule has 14 amide bonds. The number of carbonyl (C=O) groups is 13. The number of hydrogen-bond acceptors (Lipinski definition) is 26. The minimum absolute atomic E-state index is 0.00929. The lowest BCUT2D eigenvalue weighted by Gasteiger charge is -2.45. The number of aromatic amines is 1. The fourth-order valence-corrected chi connectivity index (χ4v) is 18.9. The number of hydrogen-bond donors (Lipinski definition) is 11. The van der Waals surface area contributed by atoms with E-state index in [1.807, 2.05) is 121 Å². The second-order valence-electron chi connectivity index (χ2n) is 34.6. The average Bonchev–Trinajstić information content (AvgIpc) is 1.42. The number of H-pyrrole nitrogens is 1. The van der Waals surface area contributed by atoms with Gasteiger partial charge in [-0.3, -0.25) is 72.1 Å². The molecule has 0 spiro atoms.